The summed E-state index contributed by atoms with van der Waals surface area (Å²) < 4.78 is 67.0. The van der Waals surface area contributed by atoms with Gasteiger partial charge in [0.25, 0.3) is 5.56 Å². The SMILES string of the molecule is CC(NS(=O)(=O)c1cn(C)c(=O)n(C)c1=O)c1cccc(C(F)(F)F)c1. The number of benzene rings is 1. The van der Waals surface area contributed by atoms with Crippen LogP contribution in [0.5, 0.6) is 0 Å². The normalized spacial score (nSPS) is 13.6. The van der Waals surface area contributed by atoms with Gasteiger partial charge in [0.2, 0.25) is 10.0 Å². The largest absolute Gasteiger partial charge is 0.416 e. The minimum atomic E-state index is -4.57. The molecule has 1 atom stereocenters. The molecule has 0 aliphatic heterocycles. The number of rotatable bonds is 4. The Morgan fingerprint density at radius 3 is 2.35 bits per heavy atom. The standard InChI is InChI=1S/C15H16F3N3O4S/c1-9(10-5-4-6-11(7-10)15(16,17)18)19-26(24,25)12-8-20(2)14(23)21(3)13(12)22/h4-9,19H,1-3H3. The van der Waals surface area contributed by atoms with Crippen molar-refractivity contribution in [3.05, 3.63) is 62.4 Å². The first-order valence-electron chi connectivity index (χ1n) is 7.30. The average molecular weight is 391 g/mol. The third-order valence-electron chi connectivity index (χ3n) is 3.75. The third-order valence-corrected chi connectivity index (χ3v) is 5.27. The first-order valence-corrected chi connectivity index (χ1v) is 8.79. The predicted molar refractivity (Wildman–Crippen MR) is 87.1 cm³/mol. The Morgan fingerprint density at radius 1 is 1.15 bits per heavy atom. The van der Waals surface area contributed by atoms with E-state index in [1.807, 2.05) is 0 Å². The van der Waals surface area contributed by atoms with Gasteiger partial charge in [-0.05, 0) is 24.6 Å². The molecule has 0 fully saturated rings. The number of hydrogen-bond acceptors (Lipinski definition) is 4. The summed E-state index contributed by atoms with van der Waals surface area (Å²) in [6.45, 7) is 1.35. The molecule has 1 aromatic heterocycles. The van der Waals surface area contributed by atoms with Crippen LogP contribution < -0.4 is 16.0 Å². The number of alkyl halides is 3. The molecular formula is C15H16F3N3O4S. The molecule has 0 radical (unpaired) electrons. The molecule has 0 saturated carbocycles. The predicted octanol–water partition coefficient (Wildman–Crippen LogP) is 1.14. The lowest BCUT2D eigenvalue weighted by Crippen LogP contribution is -2.41. The molecule has 0 aliphatic carbocycles. The summed E-state index contributed by atoms with van der Waals surface area (Å²) in [7, 11) is -1.97. The summed E-state index contributed by atoms with van der Waals surface area (Å²) in [5, 5.41) is 0. The number of aromatic nitrogens is 2. The van der Waals surface area contributed by atoms with Gasteiger partial charge in [-0.3, -0.25) is 9.36 Å². The molecule has 26 heavy (non-hydrogen) atoms. The summed E-state index contributed by atoms with van der Waals surface area (Å²) in [6.07, 6.45) is -3.70. The first kappa shape index (κ1) is 19.9. The molecular weight excluding hydrogens is 375 g/mol. The van der Waals surface area contributed by atoms with E-state index in [4.69, 9.17) is 0 Å². The Morgan fingerprint density at radius 2 is 1.77 bits per heavy atom. The minimum Gasteiger partial charge on any atom is -0.302 e. The van der Waals surface area contributed by atoms with E-state index in [-0.39, 0.29) is 5.56 Å². The summed E-state index contributed by atoms with van der Waals surface area (Å²) in [5.41, 5.74) is -2.58. The highest BCUT2D eigenvalue weighted by Crippen LogP contribution is 2.30. The molecule has 1 heterocycles. The molecule has 7 nitrogen and oxygen atoms in total. The Kier molecular flexibility index (Phi) is 5.15. The van der Waals surface area contributed by atoms with E-state index in [1.54, 1.807) is 0 Å². The van der Waals surface area contributed by atoms with Crippen LogP contribution in [-0.2, 0) is 30.3 Å². The van der Waals surface area contributed by atoms with Gasteiger partial charge in [-0.1, -0.05) is 12.1 Å². The van der Waals surface area contributed by atoms with E-state index in [1.165, 1.54) is 20.0 Å². The second kappa shape index (κ2) is 6.72. The van der Waals surface area contributed by atoms with Crippen molar-refractivity contribution in [1.29, 1.82) is 0 Å². The molecule has 1 N–H and O–H groups in total. The zero-order valence-corrected chi connectivity index (χ0v) is 14.9. The van der Waals surface area contributed by atoms with Crippen molar-refractivity contribution in [3.63, 3.8) is 0 Å². The van der Waals surface area contributed by atoms with Gasteiger partial charge in [-0.15, -0.1) is 0 Å². The van der Waals surface area contributed by atoms with Crippen LogP contribution in [0.4, 0.5) is 13.2 Å². The molecule has 1 aromatic carbocycles. The molecule has 0 spiro atoms. The van der Waals surface area contributed by atoms with Crippen LogP contribution >= 0.6 is 0 Å². The maximum atomic E-state index is 12.8. The zero-order valence-electron chi connectivity index (χ0n) is 14.0. The molecule has 2 aromatic rings. The second-order valence-electron chi connectivity index (χ2n) is 5.72. The molecule has 11 heteroatoms. The Labute approximate surface area is 146 Å². The van der Waals surface area contributed by atoms with Crippen molar-refractivity contribution in [1.82, 2.24) is 13.9 Å². The molecule has 0 saturated heterocycles. The fourth-order valence-electron chi connectivity index (χ4n) is 2.31. The quantitative estimate of drug-likeness (QED) is 0.847. The Balaban J connectivity index is 2.42. The Hall–Kier alpha value is -2.40. The van der Waals surface area contributed by atoms with Crippen molar-refractivity contribution in [3.8, 4) is 0 Å². The van der Waals surface area contributed by atoms with Crippen molar-refractivity contribution in [2.75, 3.05) is 0 Å². The number of nitrogens with one attached hydrogen (secondary N) is 1. The van der Waals surface area contributed by atoms with Gasteiger partial charge in [-0.25, -0.2) is 17.9 Å². The highest BCUT2D eigenvalue weighted by molar-refractivity contribution is 7.89. The van der Waals surface area contributed by atoms with E-state index in [0.29, 0.717) is 4.57 Å². The second-order valence-corrected chi connectivity index (χ2v) is 7.40. The molecule has 0 bridgehead atoms. The topological polar surface area (TPSA) is 90.2 Å². The van der Waals surface area contributed by atoms with Crippen LogP contribution in [0.1, 0.15) is 24.1 Å². The zero-order chi connectivity index (χ0) is 19.9. The van der Waals surface area contributed by atoms with Crippen LogP contribution in [0.3, 0.4) is 0 Å². The van der Waals surface area contributed by atoms with Gasteiger partial charge in [0.1, 0.15) is 0 Å². The van der Waals surface area contributed by atoms with Crippen molar-refractivity contribution in [2.24, 2.45) is 14.1 Å². The third kappa shape index (κ3) is 3.88. The maximum Gasteiger partial charge on any atom is 0.416 e. The molecule has 0 aliphatic rings. The fourth-order valence-corrected chi connectivity index (χ4v) is 3.70. The molecule has 142 valence electrons. The molecule has 0 amide bonds. The monoisotopic (exact) mass is 391 g/mol. The Bertz CT molecular complexity index is 1060. The van der Waals surface area contributed by atoms with E-state index in [2.05, 4.69) is 4.72 Å². The highest BCUT2D eigenvalue weighted by atomic mass is 32.2. The first-order chi connectivity index (χ1) is 11.8. The van der Waals surface area contributed by atoms with Crippen molar-refractivity contribution < 1.29 is 21.6 Å². The maximum absolute atomic E-state index is 12.8. The van der Waals surface area contributed by atoms with Gasteiger partial charge in [0.15, 0.2) is 4.90 Å². The fraction of sp³-hybridized carbons (Fsp3) is 0.333. The summed E-state index contributed by atoms with van der Waals surface area (Å²) >= 11 is 0. The van der Waals surface area contributed by atoms with Crippen LogP contribution in [0.2, 0.25) is 0 Å². The van der Waals surface area contributed by atoms with Crippen LogP contribution in [0.15, 0.2) is 44.9 Å². The highest BCUT2D eigenvalue weighted by Gasteiger charge is 2.31. The van der Waals surface area contributed by atoms with Gasteiger partial charge in [0.05, 0.1) is 5.56 Å². The summed E-state index contributed by atoms with van der Waals surface area (Å²) in [6, 6.07) is 3.15. The van der Waals surface area contributed by atoms with E-state index >= 15 is 0 Å². The lowest BCUT2D eigenvalue weighted by molar-refractivity contribution is -0.137. The molecule has 2 rings (SSSR count). The minimum absolute atomic E-state index is 0.0741. The number of hydrogen-bond donors (Lipinski definition) is 1. The van der Waals surface area contributed by atoms with Crippen LogP contribution in [0.25, 0.3) is 0 Å². The van der Waals surface area contributed by atoms with E-state index < -0.39 is 43.9 Å². The number of nitrogens with zero attached hydrogens (tertiary/aromatic N) is 2. The molecule has 1 unspecified atom stereocenters. The van der Waals surface area contributed by atoms with E-state index in [0.717, 1.165) is 36.0 Å². The summed E-state index contributed by atoms with van der Waals surface area (Å²) in [5.74, 6) is 0. The van der Waals surface area contributed by atoms with E-state index in [9.17, 15) is 31.2 Å². The number of halogens is 3. The van der Waals surface area contributed by atoms with Gasteiger partial charge in [0, 0.05) is 26.3 Å². The lowest BCUT2D eigenvalue weighted by atomic mass is 10.1. The van der Waals surface area contributed by atoms with Crippen molar-refractivity contribution in [2.45, 2.75) is 24.0 Å². The van der Waals surface area contributed by atoms with Crippen LogP contribution in [0, 0.1) is 0 Å². The van der Waals surface area contributed by atoms with Crippen molar-refractivity contribution >= 4 is 10.0 Å². The number of aryl methyl sites for hydroxylation is 1. The van der Waals surface area contributed by atoms with Crippen LogP contribution in [-0.4, -0.2) is 17.6 Å². The summed E-state index contributed by atoms with van der Waals surface area (Å²) in [4.78, 5) is 23.0. The van der Waals surface area contributed by atoms with Gasteiger partial charge >= 0.3 is 11.9 Å². The number of sulfonamides is 1. The average Bonchev–Trinajstić information content (AvgIpc) is 2.55. The van der Waals surface area contributed by atoms with Gasteiger partial charge in [-0.2, -0.15) is 13.2 Å². The smallest absolute Gasteiger partial charge is 0.302 e. The lowest BCUT2D eigenvalue weighted by Gasteiger charge is -2.16. The van der Waals surface area contributed by atoms with Gasteiger partial charge < -0.3 is 4.57 Å².